The maximum atomic E-state index is 11.4. The second-order valence-corrected chi connectivity index (χ2v) is 3.80. The lowest BCUT2D eigenvalue weighted by molar-refractivity contribution is -0.147. The Bertz CT molecular complexity index is 351. The lowest BCUT2D eigenvalue weighted by atomic mass is 10.1. The summed E-state index contributed by atoms with van der Waals surface area (Å²) in [7, 11) is 0. The molecule has 1 unspecified atom stereocenters. The van der Waals surface area contributed by atoms with Crippen LogP contribution in [0.2, 0.25) is 0 Å². The number of carboxylic acids is 1. The molecule has 0 spiro atoms. The van der Waals surface area contributed by atoms with Crippen molar-refractivity contribution in [1.29, 1.82) is 5.26 Å². The molecule has 98 valence electrons. The van der Waals surface area contributed by atoms with Gasteiger partial charge in [-0.1, -0.05) is 5.92 Å². The smallest absolute Gasteiger partial charge is 0.307 e. The van der Waals surface area contributed by atoms with Crippen molar-refractivity contribution < 1.29 is 19.4 Å². The molecule has 5 heteroatoms. The van der Waals surface area contributed by atoms with Crippen LogP contribution in [0.5, 0.6) is 0 Å². The summed E-state index contributed by atoms with van der Waals surface area (Å²) in [5, 5.41) is 16.8. The molecule has 0 amide bonds. The molecule has 0 rings (SSSR count). The van der Waals surface area contributed by atoms with E-state index in [9.17, 15) is 9.59 Å². The predicted molar refractivity (Wildman–Crippen MR) is 64.3 cm³/mol. The normalized spacial score (nSPS) is 11.0. The van der Waals surface area contributed by atoms with Crippen molar-refractivity contribution in [3.8, 4) is 18.4 Å². The minimum Gasteiger partial charge on any atom is -0.481 e. The fraction of sp³-hybridized carbons (Fsp3) is 0.615. The standard InChI is InChI=1S/C13H17NO4/c1-2-11(7-5-6-10-14)18-13(17)9-4-3-8-12(15)16/h1,11H,3-9H2,(H,15,16). The first-order valence-electron chi connectivity index (χ1n) is 5.84. The molecule has 1 atom stereocenters. The van der Waals surface area contributed by atoms with Crippen LogP contribution < -0.4 is 0 Å². The van der Waals surface area contributed by atoms with Gasteiger partial charge < -0.3 is 9.84 Å². The van der Waals surface area contributed by atoms with Gasteiger partial charge in [-0.25, -0.2) is 0 Å². The third kappa shape index (κ3) is 9.23. The summed E-state index contributed by atoms with van der Waals surface area (Å²) in [5.74, 6) is 1.06. The average molecular weight is 251 g/mol. The molecule has 0 heterocycles. The van der Waals surface area contributed by atoms with E-state index in [-0.39, 0.29) is 12.8 Å². The van der Waals surface area contributed by atoms with Gasteiger partial charge in [-0.15, -0.1) is 6.42 Å². The van der Waals surface area contributed by atoms with E-state index < -0.39 is 18.0 Å². The van der Waals surface area contributed by atoms with Crippen molar-refractivity contribution in [3.05, 3.63) is 0 Å². The maximum Gasteiger partial charge on any atom is 0.307 e. The molecule has 1 N–H and O–H groups in total. The minimum absolute atomic E-state index is 0.0496. The Labute approximate surface area is 107 Å². The zero-order chi connectivity index (χ0) is 13.8. The van der Waals surface area contributed by atoms with Crippen LogP contribution in [0, 0.1) is 23.7 Å². The van der Waals surface area contributed by atoms with E-state index in [4.69, 9.17) is 21.5 Å². The summed E-state index contributed by atoms with van der Waals surface area (Å²) in [6.45, 7) is 0. The Morgan fingerprint density at radius 3 is 2.50 bits per heavy atom. The highest BCUT2D eigenvalue weighted by Crippen LogP contribution is 2.07. The number of hydrogen-bond donors (Lipinski definition) is 1. The second kappa shape index (κ2) is 10.2. The second-order valence-electron chi connectivity index (χ2n) is 3.80. The molecule has 0 aromatic rings. The molecular weight excluding hydrogens is 234 g/mol. The molecule has 5 nitrogen and oxygen atoms in total. The number of rotatable bonds is 9. The van der Waals surface area contributed by atoms with Crippen molar-refractivity contribution in [2.24, 2.45) is 0 Å². The van der Waals surface area contributed by atoms with Crippen LogP contribution in [-0.4, -0.2) is 23.1 Å². The van der Waals surface area contributed by atoms with Crippen LogP contribution in [-0.2, 0) is 14.3 Å². The number of ether oxygens (including phenoxy) is 1. The fourth-order valence-electron chi connectivity index (χ4n) is 1.31. The topological polar surface area (TPSA) is 87.4 Å². The van der Waals surface area contributed by atoms with E-state index in [0.717, 1.165) is 0 Å². The number of carboxylic acid groups (broad SMARTS) is 1. The van der Waals surface area contributed by atoms with Gasteiger partial charge >= 0.3 is 11.9 Å². The number of nitriles is 1. The molecule has 0 aliphatic heterocycles. The summed E-state index contributed by atoms with van der Waals surface area (Å²) >= 11 is 0. The first-order valence-corrected chi connectivity index (χ1v) is 5.84. The summed E-state index contributed by atoms with van der Waals surface area (Å²) in [5.41, 5.74) is 0. The lowest BCUT2D eigenvalue weighted by Crippen LogP contribution is -2.16. The number of carbonyl (C=O) groups excluding carboxylic acids is 1. The van der Waals surface area contributed by atoms with Crippen molar-refractivity contribution >= 4 is 11.9 Å². The number of unbranched alkanes of at least 4 members (excludes halogenated alkanes) is 2. The molecule has 0 aliphatic rings. The van der Waals surface area contributed by atoms with Gasteiger partial charge in [-0.2, -0.15) is 5.26 Å². The number of aliphatic carboxylic acids is 1. The van der Waals surface area contributed by atoms with E-state index in [2.05, 4.69) is 5.92 Å². The zero-order valence-electron chi connectivity index (χ0n) is 10.2. The lowest BCUT2D eigenvalue weighted by Gasteiger charge is -2.11. The minimum atomic E-state index is -0.874. The summed E-state index contributed by atoms with van der Waals surface area (Å²) in [4.78, 5) is 21.6. The highest BCUT2D eigenvalue weighted by Gasteiger charge is 2.11. The Morgan fingerprint density at radius 1 is 1.28 bits per heavy atom. The molecule has 18 heavy (non-hydrogen) atoms. The Kier molecular flexibility index (Phi) is 9.03. The van der Waals surface area contributed by atoms with Crippen LogP contribution in [0.1, 0.15) is 44.9 Å². The highest BCUT2D eigenvalue weighted by atomic mass is 16.5. The summed E-state index contributed by atoms with van der Waals surface area (Å²) in [6.07, 6.45) is 7.21. The zero-order valence-corrected chi connectivity index (χ0v) is 10.2. The van der Waals surface area contributed by atoms with Crippen molar-refractivity contribution in [2.75, 3.05) is 0 Å². The third-order valence-electron chi connectivity index (χ3n) is 2.24. The van der Waals surface area contributed by atoms with Gasteiger partial charge in [0.25, 0.3) is 0 Å². The fourth-order valence-corrected chi connectivity index (χ4v) is 1.31. The van der Waals surface area contributed by atoms with Crippen LogP contribution >= 0.6 is 0 Å². The number of nitrogens with zero attached hydrogens (tertiary/aromatic N) is 1. The van der Waals surface area contributed by atoms with E-state index >= 15 is 0 Å². The van der Waals surface area contributed by atoms with E-state index in [1.54, 1.807) is 0 Å². The molecule has 0 radical (unpaired) electrons. The van der Waals surface area contributed by atoms with Gasteiger partial charge in [0.15, 0.2) is 6.10 Å². The van der Waals surface area contributed by atoms with Crippen molar-refractivity contribution in [3.63, 3.8) is 0 Å². The molecule has 0 bridgehead atoms. The predicted octanol–water partition coefficient (Wildman–Crippen LogP) is 1.87. The molecule has 0 saturated heterocycles. The van der Waals surface area contributed by atoms with E-state index in [0.29, 0.717) is 32.1 Å². The SMILES string of the molecule is C#CC(CCCC#N)OC(=O)CCCCC(=O)O. The van der Waals surface area contributed by atoms with Gasteiger partial charge in [0, 0.05) is 19.3 Å². The Balaban J connectivity index is 3.74. The van der Waals surface area contributed by atoms with Gasteiger partial charge in [0.1, 0.15) is 0 Å². The quantitative estimate of drug-likeness (QED) is 0.384. The average Bonchev–Trinajstić information content (AvgIpc) is 2.33. The molecular formula is C13H17NO4. The first-order chi connectivity index (χ1) is 8.60. The molecule has 0 aliphatic carbocycles. The van der Waals surface area contributed by atoms with Crippen LogP contribution in [0.3, 0.4) is 0 Å². The maximum absolute atomic E-state index is 11.4. The number of esters is 1. The number of terminal acetylenes is 1. The number of hydrogen-bond acceptors (Lipinski definition) is 4. The van der Waals surface area contributed by atoms with Gasteiger partial charge in [0.2, 0.25) is 0 Å². The number of carbonyl (C=O) groups is 2. The molecule has 0 fully saturated rings. The third-order valence-corrected chi connectivity index (χ3v) is 2.24. The first kappa shape index (κ1) is 16.0. The molecule has 0 aromatic heterocycles. The monoisotopic (exact) mass is 251 g/mol. The van der Waals surface area contributed by atoms with Crippen molar-refractivity contribution in [1.82, 2.24) is 0 Å². The van der Waals surface area contributed by atoms with Crippen molar-refractivity contribution in [2.45, 2.75) is 51.0 Å². The highest BCUT2D eigenvalue weighted by molar-refractivity contribution is 5.70. The Morgan fingerprint density at radius 2 is 1.94 bits per heavy atom. The molecule has 0 saturated carbocycles. The Hall–Kier alpha value is -2.01. The molecule has 0 aromatic carbocycles. The van der Waals surface area contributed by atoms with Gasteiger partial charge in [-0.3, -0.25) is 9.59 Å². The van der Waals surface area contributed by atoms with Crippen LogP contribution in [0.25, 0.3) is 0 Å². The van der Waals surface area contributed by atoms with Crippen LogP contribution in [0.15, 0.2) is 0 Å². The largest absolute Gasteiger partial charge is 0.481 e. The summed E-state index contributed by atoms with van der Waals surface area (Å²) < 4.78 is 5.02. The van der Waals surface area contributed by atoms with E-state index in [1.165, 1.54) is 0 Å². The van der Waals surface area contributed by atoms with Crippen LogP contribution in [0.4, 0.5) is 0 Å². The van der Waals surface area contributed by atoms with E-state index in [1.807, 2.05) is 6.07 Å². The van der Waals surface area contributed by atoms with Gasteiger partial charge in [0.05, 0.1) is 6.07 Å². The van der Waals surface area contributed by atoms with Gasteiger partial charge in [-0.05, 0) is 25.7 Å². The summed E-state index contributed by atoms with van der Waals surface area (Å²) in [6, 6.07) is 1.99.